The van der Waals surface area contributed by atoms with Gasteiger partial charge in [0.25, 0.3) is 0 Å². The standard InChI is InChI=1S/C20H34O11Si6/c1-21-32(5)25-33(6,22-2)28-37(20-17-13-10-14-18-20)30-35(8,24-4)26-34(7,23-3)29-36(27-32,31-37)19-15-11-9-12-16-19/h9-18H,1-8H3. The zero-order chi connectivity index (χ0) is 27.0. The van der Waals surface area contributed by atoms with E-state index in [9.17, 15) is 0 Å². The molecule has 2 fully saturated rings. The van der Waals surface area contributed by atoms with Crippen LogP contribution >= 0.6 is 0 Å². The summed E-state index contributed by atoms with van der Waals surface area (Å²) >= 11 is 0. The molecule has 2 heterocycles. The van der Waals surface area contributed by atoms with E-state index in [0.29, 0.717) is 10.4 Å². The summed E-state index contributed by atoms with van der Waals surface area (Å²) in [6, 6.07) is 18.8. The van der Waals surface area contributed by atoms with Crippen molar-refractivity contribution in [2.75, 3.05) is 28.4 Å². The van der Waals surface area contributed by atoms with Gasteiger partial charge in [0.1, 0.15) is 0 Å². The van der Waals surface area contributed by atoms with Crippen LogP contribution in [0.25, 0.3) is 0 Å². The van der Waals surface area contributed by atoms with E-state index in [0.717, 1.165) is 0 Å². The van der Waals surface area contributed by atoms with Crippen LogP contribution in [-0.2, 0) is 46.5 Å². The summed E-state index contributed by atoms with van der Waals surface area (Å²) in [5, 5.41) is 1.30. The smallest absolute Gasteiger partial charge is 0.378 e. The van der Waals surface area contributed by atoms with E-state index in [-0.39, 0.29) is 0 Å². The number of hydrogen-bond donors (Lipinski definition) is 0. The number of benzene rings is 2. The highest BCUT2D eigenvalue weighted by Gasteiger charge is 2.72. The third-order valence-corrected chi connectivity index (χ3v) is 29.4. The number of fused-ring (bicyclic) bond motifs is 2. The maximum atomic E-state index is 7.12. The fourth-order valence-electron chi connectivity index (χ4n) is 4.01. The minimum Gasteiger partial charge on any atom is -0.378 e. The lowest BCUT2D eigenvalue weighted by Crippen LogP contribution is -2.82. The van der Waals surface area contributed by atoms with Gasteiger partial charge >= 0.3 is 52.8 Å². The van der Waals surface area contributed by atoms with E-state index in [1.54, 1.807) is 26.2 Å². The molecule has 2 bridgehead atoms. The first-order valence-electron chi connectivity index (χ1n) is 11.6. The molecule has 2 aromatic carbocycles. The van der Waals surface area contributed by atoms with Crippen LogP contribution in [0.3, 0.4) is 0 Å². The van der Waals surface area contributed by atoms with Crippen LogP contribution in [0.1, 0.15) is 0 Å². The summed E-state index contributed by atoms with van der Waals surface area (Å²) in [5.41, 5.74) is 0. The Labute approximate surface area is 224 Å². The molecule has 204 valence electrons. The van der Waals surface area contributed by atoms with Crippen LogP contribution in [-0.4, -0.2) is 81.3 Å². The average molecular weight is 619 g/mol. The first kappa shape index (κ1) is 29.3. The monoisotopic (exact) mass is 618 g/mol. The van der Waals surface area contributed by atoms with Gasteiger partial charge in [-0.2, -0.15) is 0 Å². The van der Waals surface area contributed by atoms with Crippen molar-refractivity contribution in [1.82, 2.24) is 0 Å². The van der Waals surface area contributed by atoms with E-state index in [1.165, 1.54) is 28.4 Å². The molecule has 4 rings (SSSR count). The second-order valence-electron chi connectivity index (χ2n) is 8.82. The van der Waals surface area contributed by atoms with Crippen LogP contribution in [0.15, 0.2) is 60.7 Å². The molecule has 2 saturated heterocycles. The van der Waals surface area contributed by atoms with Gasteiger partial charge in [-0.1, -0.05) is 60.7 Å². The lowest BCUT2D eigenvalue weighted by atomic mass is 10.4. The molecule has 4 atom stereocenters. The summed E-state index contributed by atoms with van der Waals surface area (Å²) in [7, 11) is -16.0. The van der Waals surface area contributed by atoms with Gasteiger partial charge in [-0.15, -0.1) is 0 Å². The van der Waals surface area contributed by atoms with E-state index in [2.05, 4.69) is 0 Å². The highest BCUT2D eigenvalue weighted by atomic mass is 28.6. The molecule has 0 aromatic heterocycles. The Hall–Kier alpha value is -0.699. The minimum absolute atomic E-state index is 0.652. The van der Waals surface area contributed by atoms with Gasteiger partial charge in [0.2, 0.25) is 0 Å². The fourth-order valence-corrected chi connectivity index (χ4v) is 30.7. The molecule has 0 N–H and O–H groups in total. The van der Waals surface area contributed by atoms with Crippen molar-refractivity contribution in [1.29, 1.82) is 0 Å². The van der Waals surface area contributed by atoms with Crippen molar-refractivity contribution >= 4 is 63.2 Å². The Kier molecular flexibility index (Phi) is 8.47. The van der Waals surface area contributed by atoms with Gasteiger partial charge < -0.3 is 46.5 Å². The molecule has 4 unspecified atom stereocenters. The Balaban J connectivity index is 2.06. The van der Waals surface area contributed by atoms with Crippen molar-refractivity contribution in [3.05, 3.63) is 60.7 Å². The maximum Gasteiger partial charge on any atom is 0.515 e. The second kappa shape index (κ2) is 10.7. The first-order chi connectivity index (χ1) is 17.4. The van der Waals surface area contributed by atoms with E-state index >= 15 is 0 Å². The van der Waals surface area contributed by atoms with Crippen molar-refractivity contribution < 1.29 is 46.5 Å². The molecule has 2 aromatic rings. The molecule has 0 amide bonds. The number of rotatable bonds is 6. The topological polar surface area (TPSA) is 102 Å². The molecule has 0 radical (unpaired) electrons. The van der Waals surface area contributed by atoms with Crippen molar-refractivity contribution in [2.45, 2.75) is 26.2 Å². The van der Waals surface area contributed by atoms with Gasteiger partial charge in [0.15, 0.2) is 0 Å². The lowest BCUT2D eigenvalue weighted by molar-refractivity contribution is 0.0315. The van der Waals surface area contributed by atoms with Crippen molar-refractivity contribution in [2.24, 2.45) is 0 Å². The van der Waals surface area contributed by atoms with Crippen LogP contribution < -0.4 is 10.4 Å². The summed E-state index contributed by atoms with van der Waals surface area (Å²) in [5.74, 6) is 0. The molecule has 2 aliphatic rings. The highest BCUT2D eigenvalue weighted by molar-refractivity contribution is 7.01. The Bertz CT molecular complexity index is 954. The second-order valence-corrected chi connectivity index (χ2v) is 26.5. The van der Waals surface area contributed by atoms with Crippen LogP contribution in [0.5, 0.6) is 0 Å². The predicted octanol–water partition coefficient (Wildman–Crippen LogP) is 1.68. The number of hydrogen-bond acceptors (Lipinski definition) is 11. The van der Waals surface area contributed by atoms with E-state index in [4.69, 9.17) is 46.5 Å². The predicted molar refractivity (Wildman–Crippen MR) is 146 cm³/mol. The molecule has 2 aliphatic heterocycles. The molecule has 0 spiro atoms. The van der Waals surface area contributed by atoms with Crippen LogP contribution in [0.4, 0.5) is 0 Å². The molecule has 11 nitrogen and oxygen atoms in total. The van der Waals surface area contributed by atoms with Crippen molar-refractivity contribution in [3.63, 3.8) is 0 Å². The van der Waals surface area contributed by atoms with Gasteiger partial charge in [-0.05, 0) is 0 Å². The van der Waals surface area contributed by atoms with Crippen molar-refractivity contribution in [3.8, 4) is 0 Å². The lowest BCUT2D eigenvalue weighted by Gasteiger charge is -2.52. The highest BCUT2D eigenvalue weighted by Crippen LogP contribution is 2.38. The average Bonchev–Trinajstić information content (AvgIpc) is 2.88. The van der Waals surface area contributed by atoms with Gasteiger partial charge in [0, 0.05) is 65.0 Å². The molecule has 17 heteroatoms. The zero-order valence-corrected chi connectivity index (χ0v) is 28.3. The normalized spacial score (nSPS) is 40.8. The maximum absolute atomic E-state index is 7.12. The largest absolute Gasteiger partial charge is 0.515 e. The molecule has 0 aliphatic carbocycles. The summed E-state index contributed by atoms with van der Waals surface area (Å²) < 4.78 is 70.9. The summed E-state index contributed by atoms with van der Waals surface area (Å²) in [4.78, 5) is 0. The van der Waals surface area contributed by atoms with Gasteiger partial charge in [0.05, 0.1) is 0 Å². The SMILES string of the molecule is CO[Si]1(C)O[Si](C)(OC)O[Si]2(c3ccccc3)O[Si](C)(OC)O[Si](C)(OC)O[Si](c3ccccc3)(O1)O2. The van der Waals surface area contributed by atoms with Crippen LogP contribution in [0.2, 0.25) is 26.2 Å². The third kappa shape index (κ3) is 5.92. The Morgan fingerprint density at radius 1 is 0.405 bits per heavy atom. The Morgan fingerprint density at radius 2 is 0.676 bits per heavy atom. The van der Waals surface area contributed by atoms with Gasteiger partial charge in [-0.25, -0.2) is 0 Å². The van der Waals surface area contributed by atoms with E-state index in [1.807, 2.05) is 60.7 Å². The zero-order valence-electron chi connectivity index (χ0n) is 22.3. The van der Waals surface area contributed by atoms with Gasteiger partial charge in [-0.3, -0.25) is 0 Å². The molecule has 37 heavy (non-hydrogen) atoms. The summed E-state index contributed by atoms with van der Waals surface area (Å²) in [6.45, 7) is 7.01. The molecular weight excluding hydrogens is 585 g/mol. The van der Waals surface area contributed by atoms with E-state index < -0.39 is 52.8 Å². The first-order valence-corrected chi connectivity index (χ1v) is 24.0. The Morgan fingerprint density at radius 3 is 0.919 bits per heavy atom. The minimum atomic E-state index is -4.02. The third-order valence-electron chi connectivity index (χ3n) is 6.03. The summed E-state index contributed by atoms with van der Waals surface area (Å²) in [6.07, 6.45) is 0. The molecule has 0 saturated carbocycles. The fraction of sp³-hybridized carbons (Fsp3) is 0.400. The van der Waals surface area contributed by atoms with Crippen LogP contribution in [0, 0.1) is 0 Å². The quantitative estimate of drug-likeness (QED) is 0.442. The molecular formula is C20H34O11Si6.